The Bertz CT molecular complexity index is 1400. The molecular weight excluding hydrogens is 472 g/mol. The van der Waals surface area contributed by atoms with Crippen molar-refractivity contribution in [3.05, 3.63) is 88.7 Å². The highest BCUT2D eigenvalue weighted by Gasteiger charge is 2.26. The predicted octanol–water partition coefficient (Wildman–Crippen LogP) is 2.72. The summed E-state index contributed by atoms with van der Waals surface area (Å²) >= 11 is 0. The standard InChI is InChI=1S/C24H22N4O4S2/c1-2-34(31,32)22-9-5-18(6-10-22)13-27-24(29)19-11-20-15-28(16-23(20)26-14-19)33(30)21-7-3-17(12-25)4-8-21/h3-11,14H,2,13,15-16H2,1H3,(H,27,29). The van der Waals surface area contributed by atoms with Crippen LogP contribution in [0.5, 0.6) is 0 Å². The fourth-order valence-electron chi connectivity index (χ4n) is 3.53. The molecule has 0 radical (unpaired) electrons. The van der Waals surface area contributed by atoms with Gasteiger partial charge < -0.3 is 5.32 Å². The summed E-state index contributed by atoms with van der Waals surface area (Å²) < 4.78 is 38.5. The summed E-state index contributed by atoms with van der Waals surface area (Å²) in [5.41, 5.74) is 3.29. The molecule has 0 fully saturated rings. The summed E-state index contributed by atoms with van der Waals surface area (Å²) in [7, 11) is -4.67. The van der Waals surface area contributed by atoms with Gasteiger partial charge in [0, 0.05) is 19.3 Å². The fourth-order valence-corrected chi connectivity index (χ4v) is 5.58. The lowest BCUT2D eigenvalue weighted by atomic mass is 10.1. The Balaban J connectivity index is 1.39. The molecule has 10 heteroatoms. The van der Waals surface area contributed by atoms with Crippen LogP contribution < -0.4 is 5.32 Å². The van der Waals surface area contributed by atoms with Crippen LogP contribution in [0.3, 0.4) is 0 Å². The number of carbonyl (C=O) groups is 1. The summed E-state index contributed by atoms with van der Waals surface area (Å²) in [5.74, 6) is -0.264. The van der Waals surface area contributed by atoms with Crippen LogP contribution in [0, 0.1) is 11.3 Å². The van der Waals surface area contributed by atoms with Crippen molar-refractivity contribution in [1.29, 1.82) is 5.26 Å². The number of nitrogens with one attached hydrogen (secondary N) is 1. The van der Waals surface area contributed by atoms with E-state index in [4.69, 9.17) is 5.26 Å². The number of sulfone groups is 1. The Morgan fingerprint density at radius 3 is 2.50 bits per heavy atom. The van der Waals surface area contributed by atoms with E-state index in [2.05, 4.69) is 10.3 Å². The number of hydrogen-bond acceptors (Lipinski definition) is 6. The summed E-state index contributed by atoms with van der Waals surface area (Å²) in [4.78, 5) is 17.9. The molecular formula is C24H22N4O4S2. The maximum absolute atomic E-state index is 12.9. The molecule has 1 aliphatic heterocycles. The molecule has 3 aromatic rings. The van der Waals surface area contributed by atoms with Crippen LogP contribution in [0.2, 0.25) is 0 Å². The first-order chi connectivity index (χ1) is 16.3. The van der Waals surface area contributed by atoms with E-state index >= 15 is 0 Å². The normalized spacial score (nSPS) is 14.2. The second kappa shape index (κ2) is 9.85. The van der Waals surface area contributed by atoms with Gasteiger partial charge in [0.1, 0.15) is 11.0 Å². The van der Waals surface area contributed by atoms with Crippen LogP contribution in [0.1, 0.15) is 39.7 Å². The zero-order valence-electron chi connectivity index (χ0n) is 18.4. The molecule has 8 nitrogen and oxygen atoms in total. The molecule has 2 aromatic carbocycles. The van der Waals surface area contributed by atoms with Crippen molar-refractivity contribution in [1.82, 2.24) is 14.6 Å². The highest BCUT2D eigenvalue weighted by atomic mass is 32.2. The number of amides is 1. The van der Waals surface area contributed by atoms with E-state index in [1.807, 2.05) is 6.07 Å². The Kier molecular flexibility index (Phi) is 6.88. The third-order valence-corrected chi connectivity index (χ3v) is 8.68. The van der Waals surface area contributed by atoms with E-state index in [0.717, 1.165) is 16.8 Å². The first-order valence-corrected chi connectivity index (χ1v) is 13.3. The molecule has 1 unspecified atom stereocenters. The topological polar surface area (TPSA) is 120 Å². The molecule has 4 rings (SSSR count). The van der Waals surface area contributed by atoms with Crippen LogP contribution in [0.25, 0.3) is 0 Å². The number of fused-ring (bicyclic) bond motifs is 1. The third kappa shape index (κ3) is 5.07. The van der Waals surface area contributed by atoms with Gasteiger partial charge in [-0.15, -0.1) is 0 Å². The van der Waals surface area contributed by atoms with Gasteiger partial charge in [0.25, 0.3) is 5.91 Å². The molecule has 0 spiro atoms. The Hall–Kier alpha value is -3.39. The average Bonchev–Trinajstić information content (AvgIpc) is 3.30. The minimum Gasteiger partial charge on any atom is -0.348 e. The molecule has 1 aromatic heterocycles. The second-order valence-corrected chi connectivity index (χ2v) is 11.5. The van der Waals surface area contributed by atoms with Gasteiger partial charge in [-0.25, -0.2) is 16.9 Å². The maximum atomic E-state index is 12.9. The van der Waals surface area contributed by atoms with E-state index < -0.39 is 20.8 Å². The largest absolute Gasteiger partial charge is 0.348 e. The molecule has 0 bridgehead atoms. The maximum Gasteiger partial charge on any atom is 0.253 e. The molecule has 1 N–H and O–H groups in total. The monoisotopic (exact) mass is 494 g/mol. The zero-order valence-corrected chi connectivity index (χ0v) is 20.0. The van der Waals surface area contributed by atoms with Crippen molar-refractivity contribution < 1.29 is 17.4 Å². The molecule has 1 aliphatic rings. The number of carbonyl (C=O) groups excluding carboxylic acids is 1. The van der Waals surface area contributed by atoms with Crippen molar-refractivity contribution in [3.8, 4) is 6.07 Å². The number of aromatic nitrogens is 1. The van der Waals surface area contributed by atoms with Gasteiger partial charge in [-0.05, 0) is 53.6 Å². The lowest BCUT2D eigenvalue weighted by Crippen LogP contribution is -2.23. The lowest BCUT2D eigenvalue weighted by molar-refractivity contribution is 0.0950. The molecule has 0 aliphatic carbocycles. The second-order valence-electron chi connectivity index (χ2n) is 7.74. The Labute approximate surface area is 200 Å². The smallest absolute Gasteiger partial charge is 0.253 e. The van der Waals surface area contributed by atoms with Crippen LogP contribution in [-0.4, -0.2) is 33.6 Å². The van der Waals surface area contributed by atoms with Crippen molar-refractivity contribution in [2.45, 2.75) is 36.3 Å². The van der Waals surface area contributed by atoms with Gasteiger partial charge >= 0.3 is 0 Å². The van der Waals surface area contributed by atoms with Gasteiger partial charge in [0.05, 0.1) is 45.0 Å². The number of benzene rings is 2. The van der Waals surface area contributed by atoms with E-state index in [9.17, 15) is 17.4 Å². The summed E-state index contributed by atoms with van der Waals surface area (Å²) in [6.07, 6.45) is 1.50. The molecule has 174 valence electrons. The predicted molar refractivity (Wildman–Crippen MR) is 126 cm³/mol. The SMILES string of the molecule is CCS(=O)(=O)c1ccc(CNC(=O)c2cnc3c(c2)CN(S(=O)c2ccc(C#N)cc2)C3)cc1. The molecule has 34 heavy (non-hydrogen) atoms. The van der Waals surface area contributed by atoms with Crippen molar-refractivity contribution in [3.63, 3.8) is 0 Å². The Morgan fingerprint density at radius 2 is 1.85 bits per heavy atom. The van der Waals surface area contributed by atoms with Crippen LogP contribution in [-0.2, 0) is 40.5 Å². The number of hydrogen-bond donors (Lipinski definition) is 1. The average molecular weight is 495 g/mol. The summed E-state index contributed by atoms with van der Waals surface area (Å²) in [5, 5.41) is 11.7. The summed E-state index contributed by atoms with van der Waals surface area (Å²) in [6, 6.07) is 16.9. The van der Waals surface area contributed by atoms with Crippen LogP contribution >= 0.6 is 0 Å². The van der Waals surface area contributed by atoms with Gasteiger partial charge in [0.15, 0.2) is 9.84 Å². The number of nitrogens with zero attached hydrogens (tertiary/aromatic N) is 3. The van der Waals surface area contributed by atoms with Gasteiger partial charge in [-0.1, -0.05) is 19.1 Å². The zero-order chi connectivity index (χ0) is 24.3. The highest BCUT2D eigenvalue weighted by Crippen LogP contribution is 2.26. The van der Waals surface area contributed by atoms with E-state index in [1.54, 1.807) is 65.8 Å². The van der Waals surface area contributed by atoms with Crippen molar-refractivity contribution in [2.75, 3.05) is 5.75 Å². The van der Waals surface area contributed by atoms with Crippen LogP contribution in [0.15, 0.2) is 70.6 Å². The van der Waals surface area contributed by atoms with E-state index in [0.29, 0.717) is 29.1 Å². The number of rotatable bonds is 7. The van der Waals surface area contributed by atoms with E-state index in [1.165, 1.54) is 6.20 Å². The van der Waals surface area contributed by atoms with Gasteiger partial charge in [0.2, 0.25) is 0 Å². The first kappa shape index (κ1) is 23.8. The third-order valence-electron chi connectivity index (χ3n) is 5.53. The van der Waals surface area contributed by atoms with Crippen molar-refractivity contribution in [2.24, 2.45) is 0 Å². The molecule has 2 heterocycles. The minimum atomic E-state index is -3.26. The molecule has 1 amide bonds. The van der Waals surface area contributed by atoms with Crippen LogP contribution in [0.4, 0.5) is 0 Å². The van der Waals surface area contributed by atoms with Gasteiger partial charge in [-0.3, -0.25) is 9.78 Å². The molecule has 0 saturated carbocycles. The van der Waals surface area contributed by atoms with Crippen molar-refractivity contribution >= 4 is 26.7 Å². The lowest BCUT2D eigenvalue weighted by Gasteiger charge is -2.13. The minimum absolute atomic E-state index is 0.0346. The van der Waals surface area contributed by atoms with Gasteiger partial charge in [-0.2, -0.15) is 5.26 Å². The first-order valence-electron chi connectivity index (χ1n) is 10.6. The fraction of sp³-hybridized carbons (Fsp3) is 0.208. The van der Waals surface area contributed by atoms with E-state index in [-0.39, 0.29) is 23.1 Å². The Morgan fingerprint density at radius 1 is 1.15 bits per heavy atom. The number of nitriles is 1. The highest BCUT2D eigenvalue weighted by molar-refractivity contribution is 7.91. The molecule has 0 saturated heterocycles. The number of pyridine rings is 1. The molecule has 1 atom stereocenters. The quantitative estimate of drug-likeness (QED) is 0.539. The summed E-state index contributed by atoms with van der Waals surface area (Å²) in [6.45, 7) is 2.63.